The van der Waals surface area contributed by atoms with Crippen molar-refractivity contribution >= 4 is 11.7 Å². The van der Waals surface area contributed by atoms with Crippen molar-refractivity contribution in [3.63, 3.8) is 0 Å². The fourth-order valence-electron chi connectivity index (χ4n) is 9.56. The monoisotopic (exact) mass is 510 g/mol. The summed E-state index contributed by atoms with van der Waals surface area (Å²) >= 11 is 0. The van der Waals surface area contributed by atoms with E-state index in [2.05, 4.69) is 36.1 Å². The highest BCUT2D eigenvalue weighted by Crippen LogP contribution is 2.69. The summed E-state index contributed by atoms with van der Waals surface area (Å²) in [5.41, 5.74) is 2.03. The molecule has 0 aromatic carbocycles. The molecule has 0 aromatic rings. The summed E-state index contributed by atoms with van der Waals surface area (Å²) in [6, 6.07) is 0. The Morgan fingerprint density at radius 2 is 1.86 bits per heavy atom. The second kappa shape index (κ2) is 9.82. The van der Waals surface area contributed by atoms with Gasteiger partial charge in [-0.25, -0.2) is 4.79 Å². The van der Waals surface area contributed by atoms with Gasteiger partial charge in [0.1, 0.15) is 6.61 Å². The summed E-state index contributed by atoms with van der Waals surface area (Å²) in [4.78, 5) is 19.9. The SMILES string of the molecule is CC12CCC(=NOCCN3CCCCC3)C=C1CCC1C2CCC2(C)C(C3C=CC(=O)OC3)CCC12O. The Balaban J connectivity index is 1.14. The molecule has 6 aliphatic rings. The predicted molar refractivity (Wildman–Crippen MR) is 144 cm³/mol. The molecular formula is C31H46N2O4. The van der Waals surface area contributed by atoms with Gasteiger partial charge >= 0.3 is 5.97 Å². The molecule has 0 amide bonds. The molecule has 3 saturated carbocycles. The van der Waals surface area contributed by atoms with Crippen molar-refractivity contribution in [3.8, 4) is 0 Å². The molecule has 1 saturated heterocycles. The number of likely N-dealkylation sites (tertiary alicyclic amines) is 1. The molecule has 6 nitrogen and oxygen atoms in total. The van der Waals surface area contributed by atoms with Gasteiger partial charge in [0.05, 0.1) is 17.9 Å². The topological polar surface area (TPSA) is 71.4 Å². The molecule has 0 spiro atoms. The number of allylic oxidation sites excluding steroid dienone is 2. The number of fused-ring (bicyclic) bond motifs is 5. The molecule has 2 aliphatic heterocycles. The van der Waals surface area contributed by atoms with Gasteiger partial charge in [-0.15, -0.1) is 0 Å². The molecule has 37 heavy (non-hydrogen) atoms. The average molecular weight is 511 g/mol. The molecule has 0 radical (unpaired) electrons. The van der Waals surface area contributed by atoms with Crippen molar-refractivity contribution in [3.05, 3.63) is 23.8 Å². The van der Waals surface area contributed by atoms with E-state index in [1.807, 2.05) is 0 Å². The fraction of sp³-hybridized carbons (Fsp3) is 0.806. The third-order valence-corrected chi connectivity index (χ3v) is 11.8. The minimum absolute atomic E-state index is 0.117. The van der Waals surface area contributed by atoms with Crippen molar-refractivity contribution in [1.82, 2.24) is 4.90 Å². The van der Waals surface area contributed by atoms with Gasteiger partial charge in [0, 0.05) is 24.0 Å². The minimum atomic E-state index is -0.629. The molecule has 7 unspecified atom stereocenters. The van der Waals surface area contributed by atoms with E-state index >= 15 is 0 Å². The number of oxime groups is 1. The molecule has 4 fully saturated rings. The predicted octanol–water partition coefficient (Wildman–Crippen LogP) is 5.27. The number of rotatable bonds is 5. The van der Waals surface area contributed by atoms with E-state index in [1.54, 1.807) is 6.08 Å². The van der Waals surface area contributed by atoms with Gasteiger partial charge in [-0.2, -0.15) is 0 Å². The Labute approximate surface area is 222 Å². The first kappa shape index (κ1) is 25.6. The maximum absolute atomic E-state index is 12.4. The first-order chi connectivity index (χ1) is 17.8. The third kappa shape index (κ3) is 4.30. The van der Waals surface area contributed by atoms with E-state index in [-0.39, 0.29) is 22.7 Å². The van der Waals surface area contributed by atoms with Gasteiger partial charge in [0.15, 0.2) is 0 Å². The average Bonchev–Trinajstić information content (AvgIpc) is 3.19. The number of cyclic esters (lactones) is 1. The van der Waals surface area contributed by atoms with Crippen LogP contribution in [0.5, 0.6) is 0 Å². The van der Waals surface area contributed by atoms with Crippen molar-refractivity contribution in [1.29, 1.82) is 0 Å². The van der Waals surface area contributed by atoms with Crippen LogP contribution in [0.4, 0.5) is 0 Å². The van der Waals surface area contributed by atoms with Crippen LogP contribution in [0.1, 0.15) is 84.5 Å². The summed E-state index contributed by atoms with van der Waals surface area (Å²) < 4.78 is 5.39. The van der Waals surface area contributed by atoms with Crippen LogP contribution in [0, 0.1) is 34.5 Å². The summed E-state index contributed by atoms with van der Waals surface area (Å²) in [6.45, 7) is 9.32. The number of hydrogen-bond donors (Lipinski definition) is 1. The summed E-state index contributed by atoms with van der Waals surface area (Å²) in [6.07, 6.45) is 18.3. The smallest absolute Gasteiger partial charge is 0.330 e. The molecule has 7 atom stereocenters. The lowest BCUT2D eigenvalue weighted by molar-refractivity contribution is -0.187. The second-order valence-corrected chi connectivity index (χ2v) is 13.3. The Kier molecular flexibility index (Phi) is 6.80. The van der Waals surface area contributed by atoms with Crippen molar-refractivity contribution in [2.75, 3.05) is 32.8 Å². The molecule has 2 heterocycles. The third-order valence-electron chi connectivity index (χ3n) is 11.8. The van der Waals surface area contributed by atoms with Crippen LogP contribution in [-0.4, -0.2) is 60.1 Å². The maximum atomic E-state index is 12.4. The number of nitrogens with zero attached hydrogens (tertiary/aromatic N) is 2. The number of carbonyl (C=O) groups excluding carboxylic acids is 1. The van der Waals surface area contributed by atoms with Crippen molar-refractivity contribution in [2.45, 2.75) is 90.1 Å². The van der Waals surface area contributed by atoms with E-state index in [0.717, 1.165) is 57.2 Å². The molecular weight excluding hydrogens is 464 g/mol. The van der Waals surface area contributed by atoms with Crippen LogP contribution in [0.15, 0.2) is 29.0 Å². The molecule has 6 heteroatoms. The summed E-state index contributed by atoms with van der Waals surface area (Å²) in [5, 5.41) is 17.0. The second-order valence-electron chi connectivity index (χ2n) is 13.3. The molecule has 0 bridgehead atoms. The zero-order valence-electron chi connectivity index (χ0n) is 22.9. The first-order valence-corrected chi connectivity index (χ1v) is 15.0. The number of piperidine rings is 1. The van der Waals surface area contributed by atoms with Crippen LogP contribution < -0.4 is 0 Å². The van der Waals surface area contributed by atoms with Crippen LogP contribution in [0.2, 0.25) is 0 Å². The van der Waals surface area contributed by atoms with Gasteiger partial charge in [0.25, 0.3) is 0 Å². The lowest BCUT2D eigenvalue weighted by Gasteiger charge is -2.62. The maximum Gasteiger partial charge on any atom is 0.330 e. The normalized spacial score (nSPS) is 45.0. The van der Waals surface area contributed by atoms with Crippen LogP contribution in [0.25, 0.3) is 0 Å². The standard InChI is InChI=1S/C31H46N2O4/c1-29-13-10-24(32-37-19-18-33-16-4-3-5-17-33)20-23(29)7-8-27-26(29)11-14-30(2)25(12-15-31(27,30)35)22-6-9-28(34)36-21-22/h6,9,20,22,25-27,35H,3-5,7-8,10-19,21H2,1-2H3. The highest BCUT2D eigenvalue weighted by Gasteiger charge is 2.67. The van der Waals surface area contributed by atoms with Crippen molar-refractivity contribution in [2.24, 2.45) is 39.7 Å². The van der Waals surface area contributed by atoms with Crippen LogP contribution >= 0.6 is 0 Å². The quantitative estimate of drug-likeness (QED) is 0.310. The summed E-state index contributed by atoms with van der Waals surface area (Å²) in [5.74, 6) is 1.23. The largest absolute Gasteiger partial charge is 0.462 e. The Morgan fingerprint density at radius 1 is 1.05 bits per heavy atom. The van der Waals surface area contributed by atoms with E-state index in [9.17, 15) is 9.90 Å². The molecule has 6 rings (SSSR count). The van der Waals surface area contributed by atoms with Crippen molar-refractivity contribution < 1.29 is 19.5 Å². The van der Waals surface area contributed by atoms with Crippen LogP contribution in [-0.2, 0) is 14.4 Å². The molecule has 0 aromatic heterocycles. The zero-order valence-corrected chi connectivity index (χ0v) is 22.9. The number of aliphatic hydroxyl groups is 1. The highest BCUT2D eigenvalue weighted by atomic mass is 16.6. The minimum Gasteiger partial charge on any atom is -0.462 e. The van der Waals surface area contributed by atoms with Crippen LogP contribution in [0.3, 0.4) is 0 Å². The molecule has 4 aliphatic carbocycles. The number of esters is 1. The fourth-order valence-corrected chi connectivity index (χ4v) is 9.56. The Bertz CT molecular complexity index is 984. The van der Waals surface area contributed by atoms with E-state index in [0.29, 0.717) is 31.0 Å². The summed E-state index contributed by atoms with van der Waals surface area (Å²) in [7, 11) is 0. The van der Waals surface area contributed by atoms with Gasteiger partial charge in [-0.05, 0) is 107 Å². The van der Waals surface area contributed by atoms with E-state index in [1.165, 1.54) is 44.3 Å². The zero-order chi connectivity index (χ0) is 25.7. The molecule has 1 N–H and O–H groups in total. The first-order valence-electron chi connectivity index (χ1n) is 15.0. The van der Waals surface area contributed by atoms with E-state index in [4.69, 9.17) is 9.57 Å². The Hall–Kier alpha value is -1.66. The number of carbonyl (C=O) groups is 1. The Morgan fingerprint density at radius 3 is 2.65 bits per heavy atom. The van der Waals surface area contributed by atoms with Gasteiger partial charge in [-0.1, -0.05) is 37.1 Å². The highest BCUT2D eigenvalue weighted by molar-refractivity contribution is 5.96. The lowest BCUT2D eigenvalue weighted by Crippen LogP contribution is -2.61. The van der Waals surface area contributed by atoms with Gasteiger partial charge < -0.3 is 14.7 Å². The van der Waals surface area contributed by atoms with Gasteiger partial charge in [0.2, 0.25) is 0 Å². The molecule has 204 valence electrons. The number of hydrogen-bond acceptors (Lipinski definition) is 6. The van der Waals surface area contributed by atoms with Gasteiger partial charge in [-0.3, -0.25) is 4.90 Å². The number of ether oxygens (including phenoxy) is 1. The lowest BCUT2D eigenvalue weighted by atomic mass is 9.45. The van der Waals surface area contributed by atoms with E-state index < -0.39 is 5.60 Å².